The molecule has 1 aliphatic carbocycles. The molecule has 4 rings (SSSR count). The number of carbonyl (C=O) groups excluding carboxylic acids is 1. The van der Waals surface area contributed by atoms with Crippen molar-refractivity contribution >= 4 is 45.5 Å². The zero-order valence-electron chi connectivity index (χ0n) is 16.3. The number of ether oxygens (including phenoxy) is 1. The average molecular weight is 488 g/mol. The molecule has 0 atom stereocenters. The van der Waals surface area contributed by atoms with Gasteiger partial charge in [0.05, 0.1) is 11.2 Å². The fourth-order valence-electron chi connectivity index (χ4n) is 3.38. The summed E-state index contributed by atoms with van der Waals surface area (Å²) in [5.74, 6) is 0.476. The second-order valence-electron chi connectivity index (χ2n) is 7.88. The number of hydrogen-bond acceptors (Lipinski definition) is 5. The normalized spacial score (nSPS) is 13.2. The molecule has 0 aliphatic heterocycles. The van der Waals surface area contributed by atoms with Crippen LogP contribution in [0.15, 0.2) is 24.4 Å². The predicted octanol–water partition coefficient (Wildman–Crippen LogP) is 4.32. The highest BCUT2D eigenvalue weighted by atomic mass is 127. The summed E-state index contributed by atoms with van der Waals surface area (Å²) < 4.78 is 8.03. The third-order valence-electron chi connectivity index (χ3n) is 4.46. The van der Waals surface area contributed by atoms with Gasteiger partial charge in [0.1, 0.15) is 21.7 Å². The molecule has 2 heterocycles. The molecule has 0 saturated carbocycles. The summed E-state index contributed by atoms with van der Waals surface area (Å²) in [5.41, 5.74) is 4.62. The van der Waals surface area contributed by atoms with E-state index < -0.39 is 5.60 Å². The number of halogens is 1. The van der Waals surface area contributed by atoms with Crippen LogP contribution in [0.1, 0.15) is 37.9 Å². The monoisotopic (exact) mass is 488 g/mol. The van der Waals surface area contributed by atoms with Crippen molar-refractivity contribution in [2.24, 2.45) is 0 Å². The number of esters is 1. The number of aryl methyl sites for hydroxylation is 1. The second kappa shape index (κ2) is 6.95. The maximum Gasteiger partial charge on any atom is 0.328 e. The van der Waals surface area contributed by atoms with Gasteiger partial charge in [0, 0.05) is 23.6 Å². The highest BCUT2D eigenvalue weighted by Crippen LogP contribution is 2.35. The largest absolute Gasteiger partial charge is 0.459 e. The first-order valence-corrected chi connectivity index (χ1v) is 10.2. The molecule has 0 amide bonds. The van der Waals surface area contributed by atoms with Crippen LogP contribution in [0.4, 0.5) is 0 Å². The van der Waals surface area contributed by atoms with Crippen molar-refractivity contribution in [2.75, 3.05) is 0 Å². The lowest BCUT2D eigenvalue weighted by Crippen LogP contribution is -2.26. The zero-order valence-corrected chi connectivity index (χ0v) is 18.4. The molecule has 1 aliphatic rings. The molecule has 2 aromatic heterocycles. The predicted molar refractivity (Wildman–Crippen MR) is 117 cm³/mol. The van der Waals surface area contributed by atoms with Gasteiger partial charge in [0.15, 0.2) is 0 Å². The zero-order chi connectivity index (χ0) is 20.1. The van der Waals surface area contributed by atoms with Gasteiger partial charge in [-0.05, 0) is 73.5 Å². The molecule has 0 spiro atoms. The van der Waals surface area contributed by atoms with Crippen LogP contribution in [0, 0.1) is 10.6 Å². The van der Waals surface area contributed by atoms with Crippen LogP contribution in [-0.2, 0) is 22.5 Å². The summed E-state index contributed by atoms with van der Waals surface area (Å²) in [6.45, 7) is 7.58. The summed E-state index contributed by atoms with van der Waals surface area (Å²) in [6, 6.07) is 4.20. The van der Waals surface area contributed by atoms with Gasteiger partial charge in [-0.25, -0.2) is 9.97 Å². The molecule has 0 unspecified atom stereocenters. The molecule has 7 heteroatoms. The number of aromatic nitrogens is 4. The summed E-state index contributed by atoms with van der Waals surface area (Å²) in [4.78, 5) is 21.3. The molecular formula is C21H21IN4O2. The van der Waals surface area contributed by atoms with E-state index in [0.29, 0.717) is 0 Å². The minimum atomic E-state index is -0.519. The Morgan fingerprint density at radius 3 is 2.82 bits per heavy atom. The molecule has 144 valence electrons. The van der Waals surface area contributed by atoms with Crippen molar-refractivity contribution in [3.05, 3.63) is 45.2 Å². The molecule has 1 aromatic carbocycles. The number of allylic oxidation sites excluding steroid dienone is 1. The highest BCUT2D eigenvalue weighted by Gasteiger charge is 2.21. The van der Waals surface area contributed by atoms with Crippen LogP contribution in [-0.4, -0.2) is 31.3 Å². The molecule has 0 bridgehead atoms. The van der Waals surface area contributed by atoms with Gasteiger partial charge in [-0.15, -0.1) is 0 Å². The average Bonchev–Trinajstić information content (AvgIpc) is 2.77. The Hall–Kier alpha value is -2.29. The number of nitrogens with zero attached hydrogens (tertiary/aromatic N) is 4. The number of carbonyl (C=O) groups is 1. The molecule has 3 aromatic rings. The van der Waals surface area contributed by atoms with Gasteiger partial charge in [0.2, 0.25) is 0 Å². The van der Waals surface area contributed by atoms with Gasteiger partial charge in [0.25, 0.3) is 0 Å². The van der Waals surface area contributed by atoms with Crippen molar-refractivity contribution in [3.8, 4) is 11.1 Å². The Morgan fingerprint density at radius 2 is 2.07 bits per heavy atom. The quantitative estimate of drug-likeness (QED) is 0.397. The van der Waals surface area contributed by atoms with Crippen molar-refractivity contribution < 1.29 is 9.53 Å². The Labute approximate surface area is 177 Å². The molecular weight excluding hydrogens is 467 g/mol. The Kier molecular flexibility index (Phi) is 4.73. The van der Waals surface area contributed by atoms with Crippen molar-refractivity contribution in [1.82, 2.24) is 19.7 Å². The third-order valence-corrected chi connectivity index (χ3v) is 5.26. The van der Waals surface area contributed by atoms with E-state index in [1.807, 2.05) is 33.9 Å². The minimum Gasteiger partial charge on any atom is -0.459 e. The lowest BCUT2D eigenvalue weighted by Gasteiger charge is -2.19. The second-order valence-corrected chi connectivity index (χ2v) is 8.90. The summed E-state index contributed by atoms with van der Waals surface area (Å²) in [7, 11) is 0. The van der Waals surface area contributed by atoms with E-state index in [4.69, 9.17) is 4.74 Å². The fraction of sp³-hybridized carbons (Fsp3) is 0.333. The number of hydrogen-bond donors (Lipinski definition) is 0. The standard InChI is InChI=1S/C21H21IN4O2/c1-12-23-10-16-14-9-15-18(8-13(14)6-5-7-17(16)24-12)26(25-20(15)22)11-19(27)28-21(2,3)4/h5-6,8-10H,7,11H2,1-4H3. The van der Waals surface area contributed by atoms with Gasteiger partial charge in [-0.2, -0.15) is 5.10 Å². The summed E-state index contributed by atoms with van der Waals surface area (Å²) >= 11 is 2.21. The molecule has 0 saturated heterocycles. The van der Waals surface area contributed by atoms with Crippen LogP contribution in [0.5, 0.6) is 0 Å². The van der Waals surface area contributed by atoms with E-state index in [2.05, 4.69) is 61.9 Å². The fourth-order valence-corrected chi connectivity index (χ4v) is 4.07. The topological polar surface area (TPSA) is 69.9 Å². The van der Waals surface area contributed by atoms with Gasteiger partial charge >= 0.3 is 5.97 Å². The molecule has 28 heavy (non-hydrogen) atoms. The highest BCUT2D eigenvalue weighted by molar-refractivity contribution is 14.1. The lowest BCUT2D eigenvalue weighted by atomic mass is 9.99. The first kappa shape index (κ1) is 19.0. The first-order chi connectivity index (χ1) is 13.2. The molecule has 0 N–H and O–H groups in total. The lowest BCUT2D eigenvalue weighted by molar-refractivity contribution is -0.155. The first-order valence-electron chi connectivity index (χ1n) is 9.12. The minimum absolute atomic E-state index is 0.0815. The SMILES string of the molecule is Cc1ncc2c(n1)CC=Cc1cc3c(cc1-2)c(I)nn3CC(=O)OC(C)(C)C. The molecule has 6 nitrogen and oxygen atoms in total. The van der Waals surface area contributed by atoms with Crippen LogP contribution < -0.4 is 0 Å². The molecule has 0 radical (unpaired) electrons. The number of rotatable bonds is 2. The Morgan fingerprint density at radius 1 is 1.29 bits per heavy atom. The van der Waals surface area contributed by atoms with E-state index in [9.17, 15) is 4.79 Å². The maximum atomic E-state index is 12.3. The van der Waals surface area contributed by atoms with Crippen LogP contribution in [0.3, 0.4) is 0 Å². The Balaban J connectivity index is 1.81. The Bertz CT molecular complexity index is 1130. The summed E-state index contributed by atoms with van der Waals surface area (Å²) in [5, 5.41) is 5.58. The van der Waals surface area contributed by atoms with E-state index in [0.717, 1.165) is 49.2 Å². The number of fused-ring (bicyclic) bond motifs is 4. The third kappa shape index (κ3) is 3.67. The van der Waals surface area contributed by atoms with Crippen molar-refractivity contribution in [1.29, 1.82) is 0 Å². The van der Waals surface area contributed by atoms with Gasteiger partial charge in [-0.3, -0.25) is 9.48 Å². The van der Waals surface area contributed by atoms with Gasteiger partial charge < -0.3 is 4.74 Å². The maximum absolute atomic E-state index is 12.3. The van der Waals surface area contributed by atoms with E-state index in [1.165, 1.54) is 0 Å². The van der Waals surface area contributed by atoms with Crippen LogP contribution in [0.25, 0.3) is 28.1 Å². The van der Waals surface area contributed by atoms with Crippen molar-refractivity contribution in [2.45, 2.75) is 46.3 Å². The van der Waals surface area contributed by atoms with E-state index in [-0.39, 0.29) is 12.5 Å². The smallest absolute Gasteiger partial charge is 0.328 e. The van der Waals surface area contributed by atoms with E-state index in [1.54, 1.807) is 4.68 Å². The summed E-state index contributed by atoms with van der Waals surface area (Å²) in [6.07, 6.45) is 6.88. The number of benzene rings is 1. The van der Waals surface area contributed by atoms with E-state index >= 15 is 0 Å². The van der Waals surface area contributed by atoms with Crippen LogP contribution in [0.2, 0.25) is 0 Å². The van der Waals surface area contributed by atoms with Crippen molar-refractivity contribution in [3.63, 3.8) is 0 Å². The molecule has 0 fully saturated rings. The van der Waals surface area contributed by atoms with Crippen LogP contribution >= 0.6 is 22.6 Å². The van der Waals surface area contributed by atoms with Gasteiger partial charge in [-0.1, -0.05) is 12.2 Å².